The first-order valence-electron chi connectivity index (χ1n) is 13.5. The molecule has 0 saturated heterocycles. The zero-order valence-electron chi connectivity index (χ0n) is 22.6. The number of amides is 2. The van der Waals surface area contributed by atoms with Crippen molar-refractivity contribution in [3.8, 4) is 5.95 Å². The lowest BCUT2D eigenvalue weighted by atomic mass is 9.88. The van der Waals surface area contributed by atoms with Crippen molar-refractivity contribution in [3.05, 3.63) is 59.9 Å². The monoisotopic (exact) mass is 569 g/mol. The molecule has 3 atom stereocenters. The van der Waals surface area contributed by atoms with Crippen LogP contribution in [0.1, 0.15) is 72.0 Å². The normalized spacial score (nSPS) is 24.8. The fraction of sp³-hybridized carbons (Fsp3) is 0.519. The lowest BCUT2D eigenvalue weighted by Gasteiger charge is -2.33. The van der Waals surface area contributed by atoms with Gasteiger partial charge in [0.25, 0.3) is 18.1 Å². The second kappa shape index (κ2) is 12.8. The van der Waals surface area contributed by atoms with E-state index in [4.69, 9.17) is 21.1 Å². The topological polar surface area (TPSA) is 137 Å². The number of carbonyl (C=O) groups excluding carboxylic acids is 2. The maximum atomic E-state index is 12.9. The Morgan fingerprint density at radius 1 is 0.925 bits per heavy atom. The fourth-order valence-corrected chi connectivity index (χ4v) is 5.69. The number of carbonyl (C=O) groups is 2. The molecule has 0 aromatic carbocycles. The van der Waals surface area contributed by atoms with Gasteiger partial charge in [0.2, 0.25) is 5.28 Å². The van der Waals surface area contributed by atoms with Crippen LogP contribution in [0.5, 0.6) is 0 Å². The summed E-state index contributed by atoms with van der Waals surface area (Å²) in [5.41, 5.74) is 0.548. The zero-order valence-corrected chi connectivity index (χ0v) is 23.3. The fourth-order valence-electron chi connectivity index (χ4n) is 5.54. The first-order chi connectivity index (χ1) is 19.4. The molecule has 13 heteroatoms. The maximum Gasteiger partial charge on any atom is 0.326 e. The number of nitrogens with one attached hydrogen (secondary N) is 2. The van der Waals surface area contributed by atoms with Crippen molar-refractivity contribution in [2.75, 3.05) is 14.2 Å². The van der Waals surface area contributed by atoms with E-state index in [1.807, 2.05) is 23.3 Å². The summed E-state index contributed by atoms with van der Waals surface area (Å²) >= 11 is 5.85. The molecule has 40 heavy (non-hydrogen) atoms. The third kappa shape index (κ3) is 6.62. The highest BCUT2D eigenvalue weighted by molar-refractivity contribution is 6.28. The van der Waals surface area contributed by atoms with Crippen LogP contribution in [-0.4, -0.2) is 74.8 Å². The van der Waals surface area contributed by atoms with E-state index < -0.39 is 0 Å². The SMILES string of the molecule is COC1CCC(NC(=O)c2ccnc(-n3cc[n+](C4C[C@@H](NC(=O)c5ccnc(Cl)n5)CC[C@@H]4OC)c3)n2)CC1. The van der Waals surface area contributed by atoms with E-state index in [-0.39, 0.29) is 53.1 Å². The number of hydrogen-bond acceptors (Lipinski definition) is 8. The van der Waals surface area contributed by atoms with Gasteiger partial charge in [-0.15, -0.1) is 0 Å². The smallest absolute Gasteiger partial charge is 0.326 e. The molecular formula is C27H34ClN8O4+. The molecular weight excluding hydrogens is 536 g/mol. The Morgan fingerprint density at radius 3 is 2.30 bits per heavy atom. The van der Waals surface area contributed by atoms with Gasteiger partial charge in [0.05, 0.1) is 12.2 Å². The molecule has 2 fully saturated rings. The van der Waals surface area contributed by atoms with Crippen molar-refractivity contribution in [2.24, 2.45) is 0 Å². The van der Waals surface area contributed by atoms with E-state index in [9.17, 15) is 9.59 Å². The van der Waals surface area contributed by atoms with Crippen molar-refractivity contribution in [1.82, 2.24) is 35.1 Å². The summed E-state index contributed by atoms with van der Waals surface area (Å²) in [7, 11) is 3.43. The van der Waals surface area contributed by atoms with Crippen LogP contribution < -0.4 is 15.2 Å². The van der Waals surface area contributed by atoms with Gasteiger partial charge >= 0.3 is 5.95 Å². The molecule has 3 aromatic rings. The van der Waals surface area contributed by atoms with Crippen LogP contribution in [0.3, 0.4) is 0 Å². The van der Waals surface area contributed by atoms with Crippen LogP contribution in [0.4, 0.5) is 0 Å². The van der Waals surface area contributed by atoms with Crippen LogP contribution in [0.25, 0.3) is 5.95 Å². The summed E-state index contributed by atoms with van der Waals surface area (Å²) < 4.78 is 15.0. The Morgan fingerprint density at radius 2 is 1.60 bits per heavy atom. The average Bonchev–Trinajstić information content (AvgIpc) is 3.48. The number of hydrogen-bond donors (Lipinski definition) is 2. The molecule has 3 aromatic heterocycles. The number of methoxy groups -OCH3 is 2. The molecule has 0 aliphatic heterocycles. The predicted octanol–water partition coefficient (Wildman–Crippen LogP) is 2.22. The molecule has 5 rings (SSSR count). The Hall–Kier alpha value is -3.48. The minimum atomic E-state index is -0.290. The van der Waals surface area contributed by atoms with Gasteiger partial charge in [0.1, 0.15) is 29.8 Å². The summed E-state index contributed by atoms with van der Waals surface area (Å²) in [4.78, 5) is 42.4. The van der Waals surface area contributed by atoms with Crippen LogP contribution >= 0.6 is 11.6 Å². The van der Waals surface area contributed by atoms with Gasteiger partial charge in [-0.1, -0.05) is 0 Å². The molecule has 2 saturated carbocycles. The number of rotatable bonds is 8. The van der Waals surface area contributed by atoms with E-state index in [1.54, 1.807) is 31.0 Å². The summed E-state index contributed by atoms with van der Waals surface area (Å²) in [6.07, 6.45) is 14.8. The van der Waals surface area contributed by atoms with Gasteiger partial charge in [-0.25, -0.2) is 14.5 Å². The van der Waals surface area contributed by atoms with Gasteiger partial charge < -0.3 is 20.1 Å². The zero-order chi connectivity index (χ0) is 28.1. The van der Waals surface area contributed by atoms with Crippen molar-refractivity contribution in [1.29, 1.82) is 0 Å². The molecule has 2 N–H and O–H groups in total. The molecule has 0 radical (unpaired) electrons. The Bertz CT molecular complexity index is 1330. The second-order valence-corrected chi connectivity index (χ2v) is 10.6. The van der Waals surface area contributed by atoms with Crippen molar-refractivity contribution in [2.45, 2.75) is 75.3 Å². The number of imidazole rings is 1. The Kier molecular flexibility index (Phi) is 8.98. The Balaban J connectivity index is 1.25. The molecule has 0 spiro atoms. The van der Waals surface area contributed by atoms with Crippen molar-refractivity contribution in [3.63, 3.8) is 0 Å². The van der Waals surface area contributed by atoms with Crippen LogP contribution in [0, 0.1) is 0 Å². The molecule has 2 amide bonds. The third-order valence-corrected chi connectivity index (χ3v) is 7.92. The highest BCUT2D eigenvalue weighted by Crippen LogP contribution is 2.28. The van der Waals surface area contributed by atoms with Gasteiger partial charge in [-0.05, 0) is 62.3 Å². The first-order valence-corrected chi connectivity index (χ1v) is 13.9. The highest BCUT2D eigenvalue weighted by Gasteiger charge is 2.36. The minimum absolute atomic E-state index is 0.0310. The lowest BCUT2D eigenvalue weighted by molar-refractivity contribution is -0.732. The number of ether oxygens (including phenoxy) is 2. The molecule has 2 aliphatic rings. The molecule has 0 bridgehead atoms. The maximum absolute atomic E-state index is 12.9. The van der Waals surface area contributed by atoms with E-state index in [1.165, 1.54) is 12.3 Å². The average molecular weight is 570 g/mol. The standard InChI is InChI=1S/C27H33ClN8O4/c1-39-19-6-3-17(4-7-19)31-25(38)21-10-12-30-27(34-21)36-14-13-35(16-36)22-15-18(5-8-23(22)40-2)32-24(37)20-9-11-29-26(28)33-20/h9-14,16-19,22-23H,3-8,15H2,1-2H3,(H-,31,32,37,38)/p+1/t17?,18-,19?,22?,23-/m0/s1. The lowest BCUT2D eigenvalue weighted by Crippen LogP contribution is -2.52. The number of nitrogens with zero attached hydrogens (tertiary/aromatic N) is 6. The van der Waals surface area contributed by atoms with Crippen LogP contribution in [0.2, 0.25) is 5.28 Å². The summed E-state index contributed by atoms with van der Waals surface area (Å²) in [6.45, 7) is 0. The van der Waals surface area contributed by atoms with Gasteiger partial charge in [0.15, 0.2) is 0 Å². The minimum Gasteiger partial charge on any atom is -0.381 e. The Labute approximate surface area is 237 Å². The van der Waals surface area contributed by atoms with Gasteiger partial charge in [0, 0.05) is 45.1 Å². The molecule has 12 nitrogen and oxygen atoms in total. The molecule has 3 heterocycles. The quantitative estimate of drug-likeness (QED) is 0.311. The largest absolute Gasteiger partial charge is 0.381 e. The van der Waals surface area contributed by atoms with Crippen LogP contribution in [-0.2, 0) is 9.47 Å². The van der Waals surface area contributed by atoms with Crippen molar-refractivity contribution < 1.29 is 23.6 Å². The number of halogens is 1. The van der Waals surface area contributed by atoms with E-state index >= 15 is 0 Å². The molecule has 2 aliphatic carbocycles. The second-order valence-electron chi connectivity index (χ2n) is 10.2. The van der Waals surface area contributed by atoms with Crippen LogP contribution in [0.15, 0.2) is 43.2 Å². The van der Waals surface area contributed by atoms with Gasteiger partial charge in [-0.2, -0.15) is 14.5 Å². The van der Waals surface area contributed by atoms with Crippen molar-refractivity contribution >= 4 is 23.4 Å². The summed E-state index contributed by atoms with van der Waals surface area (Å²) in [6, 6.07) is 3.16. The predicted molar refractivity (Wildman–Crippen MR) is 144 cm³/mol. The molecule has 1 unspecified atom stereocenters. The molecule has 212 valence electrons. The first kappa shape index (κ1) is 28.1. The van der Waals surface area contributed by atoms with E-state index in [0.717, 1.165) is 38.5 Å². The summed E-state index contributed by atoms with van der Waals surface area (Å²) in [5.74, 6) is -0.105. The van der Waals surface area contributed by atoms with Gasteiger partial charge in [-0.3, -0.25) is 9.59 Å². The summed E-state index contributed by atoms with van der Waals surface area (Å²) in [5, 5.41) is 6.19. The van der Waals surface area contributed by atoms with E-state index in [2.05, 4.69) is 30.6 Å². The third-order valence-electron chi connectivity index (χ3n) is 7.74. The van der Waals surface area contributed by atoms with E-state index in [0.29, 0.717) is 18.1 Å². The highest BCUT2D eigenvalue weighted by atomic mass is 35.5. The number of aromatic nitrogens is 6.